The fourth-order valence-corrected chi connectivity index (χ4v) is 2.29. The van der Waals surface area contributed by atoms with Gasteiger partial charge in [0.2, 0.25) is 5.91 Å². The molecule has 1 amide bonds. The second-order valence-corrected chi connectivity index (χ2v) is 5.86. The summed E-state index contributed by atoms with van der Waals surface area (Å²) in [7, 11) is 0. The number of nitrogens with two attached hydrogens (primary N) is 1. The molecule has 0 bridgehead atoms. The highest BCUT2D eigenvalue weighted by Crippen LogP contribution is 2.15. The number of rotatable bonds is 11. The number of carbonyl (C=O) groups is 2. The van der Waals surface area contributed by atoms with Crippen LogP contribution < -0.4 is 11.1 Å². The fraction of sp³-hybridized carbons (Fsp3) is 0.867. The fourth-order valence-electron chi connectivity index (χ4n) is 2.29. The van der Waals surface area contributed by atoms with Crippen LogP contribution in [0.25, 0.3) is 0 Å². The molecule has 0 fully saturated rings. The van der Waals surface area contributed by atoms with Gasteiger partial charge < -0.3 is 16.2 Å². The summed E-state index contributed by atoms with van der Waals surface area (Å²) in [5.41, 5.74) is 5.52. The van der Waals surface area contributed by atoms with E-state index in [-0.39, 0.29) is 12.5 Å². The Balaban J connectivity index is 4.03. The van der Waals surface area contributed by atoms with Crippen LogP contribution in [0.4, 0.5) is 0 Å². The lowest BCUT2D eigenvalue weighted by Gasteiger charge is -2.16. The third-order valence-electron chi connectivity index (χ3n) is 3.58. The topological polar surface area (TPSA) is 92.4 Å². The van der Waals surface area contributed by atoms with Crippen LogP contribution in [-0.4, -0.2) is 30.1 Å². The Kier molecular flexibility index (Phi) is 10.1. The average Bonchev–Trinajstić information content (AvgIpc) is 2.38. The Morgan fingerprint density at radius 2 is 1.90 bits per heavy atom. The average molecular weight is 286 g/mol. The molecule has 5 nitrogen and oxygen atoms in total. The second kappa shape index (κ2) is 10.7. The molecule has 0 spiro atoms. The molecule has 0 rings (SSSR count). The van der Waals surface area contributed by atoms with Crippen LogP contribution >= 0.6 is 0 Å². The molecule has 0 aromatic rings. The van der Waals surface area contributed by atoms with Crippen molar-refractivity contribution in [3.8, 4) is 0 Å². The number of carbonyl (C=O) groups excluding carboxylic acids is 1. The first-order valence-corrected chi connectivity index (χ1v) is 7.60. The van der Waals surface area contributed by atoms with Crippen molar-refractivity contribution in [2.45, 2.75) is 52.9 Å². The molecule has 0 saturated heterocycles. The van der Waals surface area contributed by atoms with E-state index in [1.54, 1.807) is 0 Å². The molecule has 0 saturated carbocycles. The van der Waals surface area contributed by atoms with Crippen LogP contribution in [0, 0.1) is 17.8 Å². The lowest BCUT2D eigenvalue weighted by molar-refractivity contribution is -0.142. The van der Waals surface area contributed by atoms with E-state index in [1.165, 1.54) is 0 Å². The van der Waals surface area contributed by atoms with E-state index in [0.29, 0.717) is 31.2 Å². The number of carboxylic acid groups (broad SMARTS) is 1. The number of hydrogen-bond donors (Lipinski definition) is 3. The Morgan fingerprint density at radius 3 is 2.35 bits per heavy atom. The molecule has 2 unspecified atom stereocenters. The highest BCUT2D eigenvalue weighted by molar-refractivity contribution is 5.77. The van der Waals surface area contributed by atoms with E-state index < -0.39 is 11.9 Å². The first kappa shape index (κ1) is 18.9. The maximum atomic E-state index is 11.7. The van der Waals surface area contributed by atoms with Crippen LogP contribution in [0.1, 0.15) is 52.9 Å². The van der Waals surface area contributed by atoms with Gasteiger partial charge in [-0.25, -0.2) is 0 Å². The Labute approximate surface area is 122 Å². The molecule has 0 aliphatic rings. The molecule has 4 N–H and O–H groups in total. The van der Waals surface area contributed by atoms with Gasteiger partial charge >= 0.3 is 5.97 Å². The molecule has 0 aliphatic heterocycles. The van der Waals surface area contributed by atoms with E-state index >= 15 is 0 Å². The predicted octanol–water partition coefficient (Wildman–Crippen LogP) is 2.00. The lowest BCUT2D eigenvalue weighted by Crippen LogP contribution is -2.33. The largest absolute Gasteiger partial charge is 0.481 e. The van der Waals surface area contributed by atoms with Crippen molar-refractivity contribution in [1.82, 2.24) is 5.32 Å². The monoisotopic (exact) mass is 286 g/mol. The van der Waals surface area contributed by atoms with Crippen molar-refractivity contribution in [2.75, 3.05) is 13.1 Å². The molecule has 20 heavy (non-hydrogen) atoms. The third-order valence-corrected chi connectivity index (χ3v) is 3.58. The minimum Gasteiger partial charge on any atom is -0.481 e. The zero-order valence-corrected chi connectivity index (χ0v) is 13.0. The van der Waals surface area contributed by atoms with Gasteiger partial charge in [0.15, 0.2) is 0 Å². The smallest absolute Gasteiger partial charge is 0.308 e. The van der Waals surface area contributed by atoms with Crippen molar-refractivity contribution in [1.29, 1.82) is 0 Å². The molecule has 5 heteroatoms. The van der Waals surface area contributed by atoms with Crippen molar-refractivity contribution in [3.63, 3.8) is 0 Å². The summed E-state index contributed by atoms with van der Waals surface area (Å²) in [5.74, 6) is -0.604. The number of carboxylic acids is 1. The van der Waals surface area contributed by atoms with E-state index in [1.807, 2.05) is 13.8 Å². The molecular weight excluding hydrogens is 256 g/mol. The summed E-state index contributed by atoms with van der Waals surface area (Å²) in [6.07, 6.45) is 3.82. The third kappa shape index (κ3) is 8.91. The molecule has 118 valence electrons. The number of aliphatic carboxylic acids is 1. The normalized spacial score (nSPS) is 14.1. The van der Waals surface area contributed by atoms with Gasteiger partial charge in [-0.15, -0.1) is 0 Å². The molecule has 0 aliphatic carbocycles. The number of nitrogens with one attached hydrogen (secondary N) is 1. The van der Waals surface area contributed by atoms with E-state index in [4.69, 9.17) is 10.8 Å². The van der Waals surface area contributed by atoms with Gasteiger partial charge in [0.1, 0.15) is 0 Å². The standard InChI is InChI=1S/C15H30N2O3/c1-4-12(7-8-16)5-6-14(18)17-10-13(15(19)20)9-11(2)3/h11-13H,4-10,16H2,1-3H3,(H,17,18)(H,19,20). The molecule has 2 atom stereocenters. The van der Waals surface area contributed by atoms with E-state index in [9.17, 15) is 9.59 Å². The van der Waals surface area contributed by atoms with E-state index in [0.717, 1.165) is 19.3 Å². The quantitative estimate of drug-likeness (QED) is 0.541. The van der Waals surface area contributed by atoms with Crippen LogP contribution in [-0.2, 0) is 9.59 Å². The maximum Gasteiger partial charge on any atom is 0.308 e. The Bertz CT molecular complexity index is 293. The van der Waals surface area contributed by atoms with Crippen LogP contribution in [0.15, 0.2) is 0 Å². The highest BCUT2D eigenvalue weighted by atomic mass is 16.4. The molecule has 0 radical (unpaired) electrons. The number of amides is 1. The number of hydrogen-bond acceptors (Lipinski definition) is 3. The first-order chi connectivity index (χ1) is 9.40. The molecular formula is C15H30N2O3. The van der Waals surface area contributed by atoms with Gasteiger partial charge in [0.25, 0.3) is 0 Å². The molecule has 0 aromatic heterocycles. The first-order valence-electron chi connectivity index (χ1n) is 7.60. The van der Waals surface area contributed by atoms with Gasteiger partial charge in [-0.1, -0.05) is 27.2 Å². The lowest BCUT2D eigenvalue weighted by atomic mass is 9.95. The summed E-state index contributed by atoms with van der Waals surface area (Å²) in [4.78, 5) is 22.8. The van der Waals surface area contributed by atoms with Gasteiger partial charge in [-0.3, -0.25) is 9.59 Å². The van der Waals surface area contributed by atoms with Crippen molar-refractivity contribution < 1.29 is 14.7 Å². The maximum absolute atomic E-state index is 11.7. The Morgan fingerprint density at radius 1 is 1.25 bits per heavy atom. The summed E-state index contributed by atoms with van der Waals surface area (Å²) in [5, 5.41) is 11.8. The SMILES string of the molecule is CCC(CCN)CCC(=O)NCC(CC(C)C)C(=O)O. The van der Waals surface area contributed by atoms with Crippen LogP contribution in [0.3, 0.4) is 0 Å². The highest BCUT2D eigenvalue weighted by Gasteiger charge is 2.19. The predicted molar refractivity (Wildman–Crippen MR) is 80.3 cm³/mol. The summed E-state index contributed by atoms with van der Waals surface area (Å²) in [6.45, 7) is 6.93. The van der Waals surface area contributed by atoms with Crippen molar-refractivity contribution in [2.24, 2.45) is 23.5 Å². The summed E-state index contributed by atoms with van der Waals surface area (Å²) in [6, 6.07) is 0. The molecule has 0 heterocycles. The van der Waals surface area contributed by atoms with Gasteiger partial charge in [0.05, 0.1) is 5.92 Å². The van der Waals surface area contributed by atoms with Gasteiger partial charge in [-0.2, -0.15) is 0 Å². The zero-order chi connectivity index (χ0) is 15.5. The minimum atomic E-state index is -0.839. The molecule has 0 aromatic carbocycles. The zero-order valence-electron chi connectivity index (χ0n) is 13.0. The second-order valence-electron chi connectivity index (χ2n) is 5.86. The van der Waals surface area contributed by atoms with Crippen LogP contribution in [0.5, 0.6) is 0 Å². The van der Waals surface area contributed by atoms with Gasteiger partial charge in [-0.05, 0) is 37.6 Å². The van der Waals surface area contributed by atoms with Crippen molar-refractivity contribution >= 4 is 11.9 Å². The Hall–Kier alpha value is -1.10. The van der Waals surface area contributed by atoms with Gasteiger partial charge in [0, 0.05) is 13.0 Å². The minimum absolute atomic E-state index is 0.0597. The van der Waals surface area contributed by atoms with Crippen LogP contribution in [0.2, 0.25) is 0 Å². The summed E-state index contributed by atoms with van der Waals surface area (Å²) >= 11 is 0. The summed E-state index contributed by atoms with van der Waals surface area (Å²) < 4.78 is 0. The van der Waals surface area contributed by atoms with E-state index in [2.05, 4.69) is 12.2 Å². The van der Waals surface area contributed by atoms with Crippen molar-refractivity contribution in [3.05, 3.63) is 0 Å².